The molecule has 1 unspecified atom stereocenters. The Kier molecular flexibility index (Phi) is 6.92. The molecule has 196 valence electrons. The number of fused-ring (bicyclic) bond motifs is 2. The molecule has 1 amide bonds. The second kappa shape index (κ2) is 10.1. The maximum atomic E-state index is 13.4. The fourth-order valence-corrected chi connectivity index (χ4v) is 7.06. The zero-order valence-corrected chi connectivity index (χ0v) is 21.8. The normalized spacial score (nSPS) is 17.9. The molecule has 0 N–H and O–H groups in total. The summed E-state index contributed by atoms with van der Waals surface area (Å²) in [4.78, 5) is 30.4. The van der Waals surface area contributed by atoms with Crippen molar-refractivity contribution in [1.29, 1.82) is 0 Å². The van der Waals surface area contributed by atoms with Crippen molar-refractivity contribution >= 4 is 43.5 Å². The van der Waals surface area contributed by atoms with E-state index < -0.39 is 27.9 Å². The summed E-state index contributed by atoms with van der Waals surface area (Å²) in [6.07, 6.45) is 0.869. The highest BCUT2D eigenvalue weighted by Gasteiger charge is 2.39. The minimum Gasteiger partial charge on any atom is -0.497 e. The van der Waals surface area contributed by atoms with Crippen LogP contribution in [0.3, 0.4) is 0 Å². The van der Waals surface area contributed by atoms with E-state index in [0.29, 0.717) is 35.6 Å². The number of esters is 1. The lowest BCUT2D eigenvalue weighted by Crippen LogP contribution is -2.40. The van der Waals surface area contributed by atoms with E-state index in [2.05, 4.69) is 4.99 Å². The van der Waals surface area contributed by atoms with E-state index in [1.165, 1.54) is 34.9 Å². The second-order valence-electron chi connectivity index (χ2n) is 8.35. The van der Waals surface area contributed by atoms with E-state index in [9.17, 15) is 18.0 Å². The highest BCUT2D eigenvalue weighted by atomic mass is 32.2. The summed E-state index contributed by atoms with van der Waals surface area (Å²) in [5.74, 6) is 0.522. The number of methoxy groups -OCH3 is 1. The Bertz CT molecular complexity index is 1530. The van der Waals surface area contributed by atoms with Gasteiger partial charge in [0, 0.05) is 18.7 Å². The summed E-state index contributed by atoms with van der Waals surface area (Å²) >= 11 is 1.20. The molecular weight excluding hydrogens is 522 g/mol. The molecule has 0 saturated carbocycles. The van der Waals surface area contributed by atoms with Crippen LogP contribution in [-0.2, 0) is 30.9 Å². The maximum absolute atomic E-state index is 13.4. The number of sulfonamides is 1. The molecule has 37 heavy (non-hydrogen) atoms. The van der Waals surface area contributed by atoms with Gasteiger partial charge >= 0.3 is 5.97 Å². The molecule has 13 heteroatoms. The Morgan fingerprint density at radius 1 is 1.16 bits per heavy atom. The fourth-order valence-electron chi connectivity index (χ4n) is 4.36. The van der Waals surface area contributed by atoms with Crippen LogP contribution in [-0.4, -0.2) is 62.3 Å². The van der Waals surface area contributed by atoms with Crippen molar-refractivity contribution in [2.75, 3.05) is 27.1 Å². The van der Waals surface area contributed by atoms with Crippen LogP contribution in [0.5, 0.6) is 17.2 Å². The molecule has 1 aromatic heterocycles. The summed E-state index contributed by atoms with van der Waals surface area (Å²) in [5, 5.41) is 0. The van der Waals surface area contributed by atoms with Crippen molar-refractivity contribution in [3.05, 3.63) is 41.2 Å². The number of rotatable bonds is 7. The number of nitrogens with zero attached hydrogens (tertiary/aromatic N) is 3. The van der Waals surface area contributed by atoms with E-state index >= 15 is 0 Å². The number of benzene rings is 2. The van der Waals surface area contributed by atoms with Crippen LogP contribution < -0.4 is 19.0 Å². The molecule has 3 aromatic rings. The van der Waals surface area contributed by atoms with E-state index in [4.69, 9.17) is 18.9 Å². The first-order chi connectivity index (χ1) is 17.8. The molecular formula is C24H25N3O8S2. The third kappa shape index (κ3) is 4.81. The minimum atomic E-state index is -3.93. The fraction of sp³-hybridized carbons (Fsp3) is 0.375. The zero-order valence-electron chi connectivity index (χ0n) is 20.2. The molecule has 1 fully saturated rings. The van der Waals surface area contributed by atoms with Crippen LogP contribution >= 0.6 is 11.3 Å². The quantitative estimate of drug-likeness (QED) is 0.413. The van der Waals surface area contributed by atoms with Gasteiger partial charge in [-0.1, -0.05) is 11.3 Å². The third-order valence-corrected chi connectivity index (χ3v) is 9.09. The molecule has 1 saturated heterocycles. The molecule has 2 aliphatic rings. The van der Waals surface area contributed by atoms with Crippen molar-refractivity contribution in [3.8, 4) is 17.2 Å². The van der Waals surface area contributed by atoms with E-state index in [-0.39, 0.29) is 36.2 Å². The maximum Gasteiger partial charge on any atom is 0.326 e. The standard InChI is InChI=1S/C24H25N3O8S2/c1-3-33-22(28)13-26-18-11-19-20(35-14-34-19)12-21(18)36-24(26)25-23(29)17-5-4-10-27(17)37(30,31)16-8-6-15(32-2)7-9-16/h6-9,11-12,17H,3-5,10,13-14H2,1-2H3. The van der Waals surface area contributed by atoms with Gasteiger partial charge in [-0.2, -0.15) is 9.30 Å². The van der Waals surface area contributed by atoms with Crippen LogP contribution in [0.2, 0.25) is 0 Å². The van der Waals surface area contributed by atoms with E-state index in [0.717, 1.165) is 4.70 Å². The Balaban J connectivity index is 1.51. The number of ether oxygens (including phenoxy) is 4. The first-order valence-electron chi connectivity index (χ1n) is 11.6. The zero-order chi connectivity index (χ0) is 26.2. The van der Waals surface area contributed by atoms with Gasteiger partial charge in [0.25, 0.3) is 5.91 Å². The van der Waals surface area contributed by atoms with E-state index in [1.807, 2.05) is 0 Å². The highest BCUT2D eigenvalue weighted by Crippen LogP contribution is 2.37. The largest absolute Gasteiger partial charge is 0.497 e. The number of hydrogen-bond donors (Lipinski definition) is 0. The first-order valence-corrected chi connectivity index (χ1v) is 13.9. The number of aromatic nitrogens is 1. The van der Waals surface area contributed by atoms with Crippen LogP contribution in [0.15, 0.2) is 46.3 Å². The Morgan fingerprint density at radius 2 is 1.89 bits per heavy atom. The summed E-state index contributed by atoms with van der Waals surface area (Å²) in [6, 6.07) is 8.57. The van der Waals surface area contributed by atoms with Crippen molar-refractivity contribution in [3.63, 3.8) is 0 Å². The lowest BCUT2D eigenvalue weighted by Gasteiger charge is -2.21. The molecule has 2 aliphatic heterocycles. The summed E-state index contributed by atoms with van der Waals surface area (Å²) < 4.78 is 51.3. The number of thiazole rings is 1. The number of carbonyl (C=O) groups excluding carboxylic acids is 2. The predicted molar refractivity (Wildman–Crippen MR) is 133 cm³/mol. The van der Waals surface area contributed by atoms with Crippen LogP contribution in [0.25, 0.3) is 10.2 Å². The minimum absolute atomic E-state index is 0.0711. The van der Waals surface area contributed by atoms with Gasteiger partial charge in [0.15, 0.2) is 16.3 Å². The molecule has 0 spiro atoms. The van der Waals surface area contributed by atoms with Crippen molar-refractivity contribution in [2.24, 2.45) is 4.99 Å². The van der Waals surface area contributed by atoms with Gasteiger partial charge < -0.3 is 23.5 Å². The van der Waals surface area contributed by atoms with Gasteiger partial charge in [-0.25, -0.2) is 8.42 Å². The van der Waals surface area contributed by atoms with Gasteiger partial charge in [0.05, 0.1) is 28.8 Å². The molecule has 0 radical (unpaired) electrons. The lowest BCUT2D eigenvalue weighted by atomic mass is 10.2. The summed E-state index contributed by atoms with van der Waals surface area (Å²) in [6.45, 7) is 2.05. The number of amides is 1. The molecule has 0 aliphatic carbocycles. The smallest absolute Gasteiger partial charge is 0.326 e. The van der Waals surface area contributed by atoms with Crippen LogP contribution in [0.4, 0.5) is 0 Å². The molecule has 1 atom stereocenters. The van der Waals surface area contributed by atoms with Crippen molar-refractivity contribution in [2.45, 2.75) is 37.2 Å². The Hall–Kier alpha value is -3.42. The van der Waals surface area contributed by atoms with Gasteiger partial charge in [-0.05, 0) is 44.0 Å². The highest BCUT2D eigenvalue weighted by molar-refractivity contribution is 7.89. The van der Waals surface area contributed by atoms with E-state index in [1.54, 1.807) is 35.8 Å². The van der Waals surface area contributed by atoms with Crippen LogP contribution in [0.1, 0.15) is 19.8 Å². The predicted octanol–water partition coefficient (Wildman–Crippen LogP) is 2.28. The third-order valence-electron chi connectivity index (χ3n) is 6.13. The van der Waals surface area contributed by atoms with Gasteiger partial charge in [0.1, 0.15) is 18.3 Å². The number of hydrogen-bond acceptors (Lipinski definition) is 9. The monoisotopic (exact) mass is 547 g/mol. The molecule has 0 bridgehead atoms. The Morgan fingerprint density at radius 3 is 2.59 bits per heavy atom. The average Bonchev–Trinajstić information content (AvgIpc) is 3.62. The topological polar surface area (TPSA) is 126 Å². The van der Waals surface area contributed by atoms with Crippen molar-refractivity contribution in [1.82, 2.24) is 8.87 Å². The summed E-state index contributed by atoms with van der Waals surface area (Å²) in [7, 11) is -2.44. The average molecular weight is 548 g/mol. The second-order valence-corrected chi connectivity index (χ2v) is 11.2. The lowest BCUT2D eigenvalue weighted by molar-refractivity contribution is -0.143. The summed E-state index contributed by atoms with van der Waals surface area (Å²) in [5.41, 5.74) is 0.628. The van der Waals surface area contributed by atoms with Crippen molar-refractivity contribution < 1.29 is 37.0 Å². The van der Waals surface area contributed by atoms with Gasteiger partial charge in [-0.3, -0.25) is 9.59 Å². The molecule has 5 rings (SSSR count). The molecule has 11 nitrogen and oxygen atoms in total. The molecule has 2 aromatic carbocycles. The Labute approximate surface area is 216 Å². The SMILES string of the molecule is CCOC(=O)Cn1c(=NC(=O)C2CCCN2S(=O)(=O)c2ccc(OC)cc2)sc2cc3c(cc21)OCO3. The van der Waals surface area contributed by atoms with Gasteiger partial charge in [0.2, 0.25) is 16.8 Å². The first kappa shape index (κ1) is 25.2. The van der Waals surface area contributed by atoms with Gasteiger partial charge in [-0.15, -0.1) is 0 Å². The molecule has 3 heterocycles. The number of carbonyl (C=O) groups is 2. The van der Waals surface area contributed by atoms with Crippen LogP contribution in [0, 0.1) is 0 Å².